The zero-order chi connectivity index (χ0) is 13.1. The number of nitro groups is 1. The molecule has 0 radical (unpaired) electrons. The number of thiazole rings is 1. The van der Waals surface area contributed by atoms with Crippen LogP contribution in [0.2, 0.25) is 0 Å². The van der Waals surface area contributed by atoms with Crippen LogP contribution >= 0.6 is 11.3 Å². The molecule has 1 amide bonds. The molecule has 92 valence electrons. The number of hydrogen-bond donors (Lipinski definition) is 1. The van der Waals surface area contributed by atoms with Gasteiger partial charge in [0.15, 0.2) is 0 Å². The minimum Gasteiger partial charge on any atom is -0.320 e. The Balaban J connectivity index is 2.26. The number of nitrogens with one attached hydrogen (secondary N) is 1. The third-order valence-electron chi connectivity index (χ3n) is 2.35. The summed E-state index contributed by atoms with van der Waals surface area (Å²) in [5.74, 6) is -0.375. The van der Waals surface area contributed by atoms with E-state index in [9.17, 15) is 14.9 Å². The van der Waals surface area contributed by atoms with E-state index in [0.717, 1.165) is 5.56 Å². The zero-order valence-electron chi connectivity index (χ0n) is 9.41. The second-order valence-electron chi connectivity index (χ2n) is 3.58. The van der Waals surface area contributed by atoms with E-state index >= 15 is 0 Å². The lowest BCUT2D eigenvalue weighted by Crippen LogP contribution is -2.13. The summed E-state index contributed by atoms with van der Waals surface area (Å²) in [6.07, 6.45) is 0. The fourth-order valence-electron chi connectivity index (χ4n) is 1.37. The smallest absolute Gasteiger partial charge is 0.275 e. The largest absolute Gasteiger partial charge is 0.320 e. The van der Waals surface area contributed by atoms with Gasteiger partial charge in [0.25, 0.3) is 11.6 Å². The van der Waals surface area contributed by atoms with E-state index in [1.807, 2.05) is 0 Å². The maximum Gasteiger partial charge on any atom is 0.275 e. The minimum absolute atomic E-state index is 0.0609. The Labute approximate surface area is 106 Å². The van der Waals surface area contributed by atoms with Gasteiger partial charge < -0.3 is 5.32 Å². The monoisotopic (exact) mass is 263 g/mol. The van der Waals surface area contributed by atoms with Gasteiger partial charge in [-0.3, -0.25) is 14.9 Å². The number of aromatic nitrogens is 1. The van der Waals surface area contributed by atoms with Crippen molar-refractivity contribution in [1.29, 1.82) is 0 Å². The Morgan fingerprint density at radius 1 is 1.50 bits per heavy atom. The predicted octanol–water partition coefficient (Wildman–Crippen LogP) is 2.61. The average Bonchev–Trinajstić information content (AvgIpc) is 2.85. The number of amides is 1. The molecule has 1 heterocycles. The van der Waals surface area contributed by atoms with Crippen LogP contribution in [0.25, 0.3) is 0 Å². The molecule has 0 spiro atoms. The molecule has 0 aliphatic carbocycles. The molecular formula is C11H9N3O3S. The van der Waals surface area contributed by atoms with Crippen LogP contribution < -0.4 is 5.32 Å². The number of anilines is 1. The topological polar surface area (TPSA) is 85.1 Å². The fourth-order valence-corrected chi connectivity index (χ4v) is 1.90. The molecule has 0 aliphatic rings. The number of carbonyl (C=O) groups excluding carboxylic acids is 1. The molecule has 1 N–H and O–H groups in total. The quantitative estimate of drug-likeness (QED) is 0.681. The molecule has 1 aromatic carbocycles. The molecule has 1 aromatic heterocycles. The van der Waals surface area contributed by atoms with Crippen molar-refractivity contribution >= 4 is 28.6 Å². The summed E-state index contributed by atoms with van der Waals surface area (Å²) in [7, 11) is 0. The van der Waals surface area contributed by atoms with Gasteiger partial charge in [-0.25, -0.2) is 4.98 Å². The molecule has 0 unspecified atom stereocenters. The van der Waals surface area contributed by atoms with Crippen molar-refractivity contribution in [2.45, 2.75) is 6.92 Å². The number of carbonyl (C=O) groups is 1. The van der Waals surface area contributed by atoms with Crippen LogP contribution in [-0.4, -0.2) is 15.8 Å². The van der Waals surface area contributed by atoms with E-state index in [1.165, 1.54) is 23.5 Å². The molecule has 2 aromatic rings. The third-order valence-corrected chi connectivity index (χ3v) is 2.93. The van der Waals surface area contributed by atoms with Crippen molar-refractivity contribution in [3.8, 4) is 0 Å². The van der Waals surface area contributed by atoms with Crippen molar-refractivity contribution in [3.63, 3.8) is 0 Å². The molecule has 2 rings (SSSR count). The maximum absolute atomic E-state index is 11.8. The summed E-state index contributed by atoms with van der Waals surface area (Å²) in [6.45, 7) is 1.76. The Bertz CT molecular complexity index is 596. The highest BCUT2D eigenvalue weighted by Gasteiger charge is 2.13. The zero-order valence-corrected chi connectivity index (χ0v) is 10.2. The van der Waals surface area contributed by atoms with Crippen LogP contribution in [0.3, 0.4) is 0 Å². The second kappa shape index (κ2) is 4.92. The molecule has 7 heteroatoms. The highest BCUT2D eigenvalue weighted by Crippen LogP contribution is 2.22. The number of benzene rings is 1. The van der Waals surface area contributed by atoms with Crippen LogP contribution in [0.4, 0.5) is 11.4 Å². The summed E-state index contributed by atoms with van der Waals surface area (Å²) in [5.41, 5.74) is 2.96. The van der Waals surface area contributed by atoms with Crippen LogP contribution in [0.15, 0.2) is 29.1 Å². The summed E-state index contributed by atoms with van der Waals surface area (Å²) < 4.78 is 0. The molecule has 0 bridgehead atoms. The van der Waals surface area contributed by atoms with Gasteiger partial charge in [-0.05, 0) is 12.5 Å². The van der Waals surface area contributed by atoms with Gasteiger partial charge in [0, 0.05) is 17.5 Å². The molecule has 0 fully saturated rings. The molecular weight excluding hydrogens is 254 g/mol. The average molecular weight is 263 g/mol. The number of hydrogen-bond acceptors (Lipinski definition) is 5. The first-order valence-electron chi connectivity index (χ1n) is 5.02. The lowest BCUT2D eigenvalue weighted by atomic mass is 10.2. The summed E-state index contributed by atoms with van der Waals surface area (Å²) in [4.78, 5) is 25.8. The maximum atomic E-state index is 11.8. The van der Waals surface area contributed by atoms with Crippen molar-refractivity contribution < 1.29 is 9.72 Å². The highest BCUT2D eigenvalue weighted by atomic mass is 32.1. The Morgan fingerprint density at radius 3 is 2.89 bits per heavy atom. The van der Waals surface area contributed by atoms with Crippen LogP contribution in [0.5, 0.6) is 0 Å². The minimum atomic E-state index is -0.502. The molecule has 0 saturated heterocycles. The van der Waals surface area contributed by atoms with E-state index < -0.39 is 4.92 Å². The van der Waals surface area contributed by atoms with Gasteiger partial charge in [0.1, 0.15) is 5.69 Å². The van der Waals surface area contributed by atoms with Crippen molar-refractivity contribution in [2.24, 2.45) is 0 Å². The summed E-state index contributed by atoms with van der Waals surface area (Å²) >= 11 is 1.31. The van der Waals surface area contributed by atoms with Gasteiger partial charge >= 0.3 is 0 Å². The molecule has 6 nitrogen and oxygen atoms in total. The first-order valence-corrected chi connectivity index (χ1v) is 5.97. The summed E-state index contributed by atoms with van der Waals surface area (Å²) in [6, 6.07) is 4.32. The van der Waals surface area contributed by atoms with E-state index in [2.05, 4.69) is 10.3 Å². The predicted molar refractivity (Wildman–Crippen MR) is 67.9 cm³/mol. The van der Waals surface area contributed by atoms with E-state index in [4.69, 9.17) is 0 Å². The number of non-ortho nitro benzene ring substituents is 1. The Kier molecular flexibility index (Phi) is 3.33. The van der Waals surface area contributed by atoms with E-state index in [0.29, 0.717) is 11.4 Å². The summed E-state index contributed by atoms with van der Waals surface area (Å²) in [5, 5.41) is 14.9. The molecule has 0 aliphatic heterocycles. The van der Waals surface area contributed by atoms with Crippen LogP contribution in [0, 0.1) is 17.0 Å². The molecule has 0 saturated carbocycles. The molecule has 0 atom stereocenters. The van der Waals surface area contributed by atoms with Gasteiger partial charge in [0.05, 0.1) is 16.1 Å². The lowest BCUT2D eigenvalue weighted by molar-refractivity contribution is -0.384. The van der Waals surface area contributed by atoms with Gasteiger partial charge in [-0.15, -0.1) is 11.3 Å². The third kappa shape index (κ3) is 2.51. The van der Waals surface area contributed by atoms with Crippen molar-refractivity contribution in [2.75, 3.05) is 5.32 Å². The second-order valence-corrected chi connectivity index (χ2v) is 4.30. The van der Waals surface area contributed by atoms with E-state index in [-0.39, 0.29) is 11.6 Å². The first-order chi connectivity index (χ1) is 8.58. The highest BCUT2D eigenvalue weighted by molar-refractivity contribution is 7.07. The number of rotatable bonds is 3. The normalized spacial score (nSPS) is 10.1. The fraction of sp³-hybridized carbons (Fsp3) is 0.0909. The Hall–Kier alpha value is -2.28. The Morgan fingerprint density at radius 2 is 2.28 bits per heavy atom. The standard InChI is InChI=1S/C11H9N3O3S/c1-7-2-3-8(14(16)17)4-9(7)13-11(15)10-5-18-6-12-10/h2-6H,1H3,(H,13,15). The van der Waals surface area contributed by atoms with Crippen LogP contribution in [-0.2, 0) is 0 Å². The van der Waals surface area contributed by atoms with E-state index in [1.54, 1.807) is 23.9 Å². The first kappa shape index (κ1) is 12.2. The van der Waals surface area contributed by atoms with Crippen molar-refractivity contribution in [1.82, 2.24) is 4.98 Å². The van der Waals surface area contributed by atoms with Gasteiger partial charge in [-0.2, -0.15) is 0 Å². The van der Waals surface area contributed by atoms with Crippen molar-refractivity contribution in [3.05, 3.63) is 50.5 Å². The lowest BCUT2D eigenvalue weighted by Gasteiger charge is -2.06. The number of nitro benzene ring substituents is 1. The van der Waals surface area contributed by atoms with Gasteiger partial charge in [0.2, 0.25) is 0 Å². The molecule has 18 heavy (non-hydrogen) atoms. The number of nitrogens with zero attached hydrogens (tertiary/aromatic N) is 2. The SMILES string of the molecule is Cc1ccc([N+](=O)[O-])cc1NC(=O)c1cscn1. The number of aryl methyl sites for hydroxylation is 1. The van der Waals surface area contributed by atoms with Gasteiger partial charge in [-0.1, -0.05) is 6.07 Å². The van der Waals surface area contributed by atoms with Crippen LogP contribution in [0.1, 0.15) is 16.1 Å².